The Labute approximate surface area is 203 Å². The van der Waals surface area contributed by atoms with Crippen molar-refractivity contribution in [2.75, 3.05) is 26.4 Å². The summed E-state index contributed by atoms with van der Waals surface area (Å²) in [5, 5.41) is 0. The van der Waals surface area contributed by atoms with Crippen LogP contribution in [0, 0.1) is 0 Å². The van der Waals surface area contributed by atoms with E-state index in [9.17, 15) is 0 Å². The first-order valence-corrected chi connectivity index (χ1v) is 14.7. The number of nitrogens with two attached hydrogens (primary N) is 1. The molecule has 0 saturated heterocycles. The molecule has 0 aliphatic rings. The van der Waals surface area contributed by atoms with Crippen molar-refractivity contribution in [2.45, 2.75) is 161 Å². The molecule has 0 aliphatic heterocycles. The second kappa shape index (κ2) is 25.5. The number of ether oxygens (including phenoxy) is 2. The second-order valence-electron chi connectivity index (χ2n) is 9.99. The molecule has 0 heterocycles. The van der Waals surface area contributed by atoms with Crippen molar-refractivity contribution in [3.05, 3.63) is 0 Å². The van der Waals surface area contributed by atoms with Crippen LogP contribution in [-0.2, 0) is 9.47 Å². The molecule has 0 fully saturated rings. The summed E-state index contributed by atoms with van der Waals surface area (Å²) < 4.78 is 12.3. The lowest BCUT2D eigenvalue weighted by atomic mass is 9.84. The molecule has 0 spiro atoms. The molecule has 0 aromatic rings. The number of rotatable bonds is 27. The van der Waals surface area contributed by atoms with Gasteiger partial charge in [-0.2, -0.15) is 0 Å². The maximum atomic E-state index is 6.69. The number of hydrogen-bond acceptors (Lipinski definition) is 3. The lowest BCUT2D eigenvalue weighted by Crippen LogP contribution is -2.34. The van der Waals surface area contributed by atoms with Gasteiger partial charge in [-0.3, -0.25) is 0 Å². The number of hydrogen-bond donors (Lipinski definition) is 1. The average molecular weight is 456 g/mol. The van der Waals surface area contributed by atoms with Crippen molar-refractivity contribution in [1.29, 1.82) is 0 Å². The van der Waals surface area contributed by atoms with Gasteiger partial charge in [-0.15, -0.1) is 0 Å². The van der Waals surface area contributed by atoms with E-state index in [1.54, 1.807) is 0 Å². The van der Waals surface area contributed by atoms with Gasteiger partial charge in [0.1, 0.15) is 0 Å². The van der Waals surface area contributed by atoms with Crippen molar-refractivity contribution in [2.24, 2.45) is 5.73 Å². The van der Waals surface area contributed by atoms with Gasteiger partial charge in [-0.25, -0.2) is 0 Å². The second-order valence-corrected chi connectivity index (χ2v) is 9.99. The third-order valence-corrected chi connectivity index (χ3v) is 6.86. The molecule has 0 aromatic heterocycles. The van der Waals surface area contributed by atoms with Crippen molar-refractivity contribution >= 4 is 0 Å². The summed E-state index contributed by atoms with van der Waals surface area (Å²) in [4.78, 5) is 0. The van der Waals surface area contributed by atoms with Crippen LogP contribution in [0.1, 0.15) is 156 Å². The standard InChI is InChI=1S/C29H61NO2/c1-4-7-10-13-16-19-22-29(32-28-27-31-26-25-30,23-20-17-14-11-8-5-2)24-21-18-15-12-9-6-3/h4-28,30H2,1-3H3. The van der Waals surface area contributed by atoms with Crippen molar-refractivity contribution in [3.8, 4) is 0 Å². The van der Waals surface area contributed by atoms with E-state index in [2.05, 4.69) is 20.8 Å². The van der Waals surface area contributed by atoms with Crippen molar-refractivity contribution in [3.63, 3.8) is 0 Å². The molecule has 0 radical (unpaired) electrons. The quantitative estimate of drug-likeness (QED) is 0.126. The first-order chi connectivity index (χ1) is 15.7. The zero-order valence-electron chi connectivity index (χ0n) is 22.6. The fraction of sp³-hybridized carbons (Fsp3) is 1.00. The first kappa shape index (κ1) is 31.9. The molecular weight excluding hydrogens is 394 g/mol. The maximum Gasteiger partial charge on any atom is 0.0708 e. The van der Waals surface area contributed by atoms with Crippen LogP contribution in [0.2, 0.25) is 0 Å². The Morgan fingerprint density at radius 3 is 1.22 bits per heavy atom. The van der Waals surface area contributed by atoms with Crippen LogP contribution in [0.15, 0.2) is 0 Å². The Morgan fingerprint density at radius 1 is 0.469 bits per heavy atom. The summed E-state index contributed by atoms with van der Waals surface area (Å²) in [6.45, 7) is 9.54. The monoisotopic (exact) mass is 455 g/mol. The van der Waals surface area contributed by atoms with Crippen LogP contribution in [0.25, 0.3) is 0 Å². The summed E-state index contributed by atoms with van der Waals surface area (Å²) in [6.07, 6.45) is 28.2. The topological polar surface area (TPSA) is 44.5 Å². The summed E-state index contributed by atoms with van der Waals surface area (Å²) in [5.74, 6) is 0. The van der Waals surface area contributed by atoms with E-state index in [4.69, 9.17) is 15.2 Å². The highest BCUT2D eigenvalue weighted by Gasteiger charge is 2.29. The van der Waals surface area contributed by atoms with Crippen LogP contribution < -0.4 is 5.73 Å². The molecular formula is C29H61NO2. The van der Waals surface area contributed by atoms with Gasteiger partial charge in [0.05, 0.1) is 25.4 Å². The van der Waals surface area contributed by atoms with Gasteiger partial charge < -0.3 is 15.2 Å². The number of unbranched alkanes of at least 4 members (excludes halogenated alkanes) is 15. The molecule has 0 atom stereocenters. The van der Waals surface area contributed by atoms with E-state index in [0.29, 0.717) is 19.8 Å². The SMILES string of the molecule is CCCCCCCCC(CCCCCCCC)(CCCCCCCC)OCCOCCN. The molecule has 3 heteroatoms. The molecule has 32 heavy (non-hydrogen) atoms. The van der Waals surface area contributed by atoms with Crippen LogP contribution in [0.3, 0.4) is 0 Å². The molecule has 0 amide bonds. The lowest BCUT2D eigenvalue weighted by molar-refractivity contribution is -0.0857. The van der Waals surface area contributed by atoms with Gasteiger partial charge >= 0.3 is 0 Å². The minimum absolute atomic E-state index is 0.0757. The minimum Gasteiger partial charge on any atom is -0.378 e. The minimum atomic E-state index is 0.0757. The first-order valence-electron chi connectivity index (χ1n) is 14.7. The van der Waals surface area contributed by atoms with E-state index in [0.717, 1.165) is 6.61 Å². The van der Waals surface area contributed by atoms with Gasteiger partial charge in [0, 0.05) is 6.54 Å². The molecule has 0 saturated carbocycles. The summed E-state index contributed by atoms with van der Waals surface area (Å²) in [6, 6.07) is 0. The van der Waals surface area contributed by atoms with Gasteiger partial charge in [0.2, 0.25) is 0 Å². The fourth-order valence-electron chi connectivity index (χ4n) is 4.78. The zero-order valence-corrected chi connectivity index (χ0v) is 22.6. The smallest absolute Gasteiger partial charge is 0.0708 e. The van der Waals surface area contributed by atoms with Gasteiger partial charge in [-0.05, 0) is 19.3 Å². The van der Waals surface area contributed by atoms with Crippen LogP contribution in [0.4, 0.5) is 0 Å². The van der Waals surface area contributed by atoms with Crippen molar-refractivity contribution < 1.29 is 9.47 Å². The summed E-state index contributed by atoms with van der Waals surface area (Å²) in [5.41, 5.74) is 5.65. The van der Waals surface area contributed by atoms with E-state index in [1.165, 1.54) is 135 Å². The molecule has 0 aliphatic carbocycles. The van der Waals surface area contributed by atoms with Gasteiger partial charge in [-0.1, -0.05) is 136 Å². The molecule has 0 unspecified atom stereocenters. The third kappa shape index (κ3) is 20.5. The predicted octanol–water partition coefficient (Wildman–Crippen LogP) is 8.97. The highest BCUT2D eigenvalue weighted by atomic mass is 16.5. The third-order valence-electron chi connectivity index (χ3n) is 6.86. The van der Waals surface area contributed by atoms with Crippen LogP contribution in [0.5, 0.6) is 0 Å². The van der Waals surface area contributed by atoms with E-state index in [1.807, 2.05) is 0 Å². The van der Waals surface area contributed by atoms with Crippen LogP contribution in [-0.4, -0.2) is 32.0 Å². The predicted molar refractivity (Wildman–Crippen MR) is 143 cm³/mol. The molecule has 194 valence electrons. The van der Waals surface area contributed by atoms with E-state index in [-0.39, 0.29) is 5.60 Å². The average Bonchev–Trinajstić information content (AvgIpc) is 2.80. The highest BCUT2D eigenvalue weighted by molar-refractivity contribution is 4.81. The molecule has 0 aromatic carbocycles. The lowest BCUT2D eigenvalue weighted by Gasteiger charge is -2.35. The Hall–Kier alpha value is -0.120. The molecule has 0 bridgehead atoms. The van der Waals surface area contributed by atoms with E-state index >= 15 is 0 Å². The normalized spacial score (nSPS) is 12.0. The Morgan fingerprint density at radius 2 is 0.844 bits per heavy atom. The maximum absolute atomic E-state index is 6.69. The van der Waals surface area contributed by atoms with Gasteiger partial charge in [0.25, 0.3) is 0 Å². The highest BCUT2D eigenvalue weighted by Crippen LogP contribution is 2.33. The summed E-state index contributed by atoms with van der Waals surface area (Å²) in [7, 11) is 0. The Kier molecular flexibility index (Phi) is 25.4. The fourth-order valence-corrected chi connectivity index (χ4v) is 4.78. The molecule has 2 N–H and O–H groups in total. The van der Waals surface area contributed by atoms with Crippen LogP contribution >= 0.6 is 0 Å². The van der Waals surface area contributed by atoms with Crippen molar-refractivity contribution in [1.82, 2.24) is 0 Å². The Balaban J connectivity index is 4.72. The summed E-state index contributed by atoms with van der Waals surface area (Å²) >= 11 is 0. The zero-order chi connectivity index (χ0) is 23.6. The Bertz CT molecular complexity index is 307. The molecule has 0 rings (SSSR count). The van der Waals surface area contributed by atoms with E-state index < -0.39 is 0 Å². The van der Waals surface area contributed by atoms with Gasteiger partial charge in [0.15, 0.2) is 0 Å². The molecule has 3 nitrogen and oxygen atoms in total. The largest absolute Gasteiger partial charge is 0.378 e.